The number of allylic oxidation sites excluding steroid dienone is 1. The first-order chi connectivity index (χ1) is 9.75. The lowest BCUT2D eigenvalue weighted by molar-refractivity contribution is -0.144. The van der Waals surface area contributed by atoms with E-state index < -0.39 is 11.7 Å². The number of hydrogen-bond donors (Lipinski definition) is 0. The highest BCUT2D eigenvalue weighted by atomic mass is 16.5. The zero-order valence-corrected chi connectivity index (χ0v) is 13.5. The molecule has 1 rings (SSSR count). The number of carbonyl (C=O) groups excluding carboxylic acids is 1. The topological polar surface area (TPSA) is 35.5 Å². The van der Waals surface area contributed by atoms with Crippen molar-refractivity contribution in [2.75, 3.05) is 0 Å². The molecule has 0 aliphatic heterocycles. The van der Waals surface area contributed by atoms with Gasteiger partial charge < -0.3 is 9.47 Å². The highest BCUT2D eigenvalue weighted by Gasteiger charge is 2.21. The molecule has 0 saturated carbocycles. The molecule has 1 atom stereocenters. The molecule has 0 saturated heterocycles. The van der Waals surface area contributed by atoms with Crippen molar-refractivity contribution in [3.05, 3.63) is 54.1 Å². The summed E-state index contributed by atoms with van der Waals surface area (Å²) in [6, 6.07) is 7.57. The van der Waals surface area contributed by atoms with Crippen LogP contribution in [0.5, 0.6) is 5.75 Å². The molecule has 114 valence electrons. The molecule has 0 aromatic heterocycles. The zero-order valence-electron chi connectivity index (χ0n) is 13.5. The van der Waals surface area contributed by atoms with E-state index in [-0.39, 0.29) is 5.97 Å². The van der Waals surface area contributed by atoms with Crippen LogP contribution in [0.4, 0.5) is 0 Å². The van der Waals surface area contributed by atoms with Gasteiger partial charge >= 0.3 is 5.97 Å². The fourth-order valence-electron chi connectivity index (χ4n) is 1.80. The Morgan fingerprint density at radius 1 is 1.24 bits per heavy atom. The molecule has 0 heterocycles. The highest BCUT2D eigenvalue weighted by molar-refractivity contribution is 5.66. The number of ether oxygens (including phenoxy) is 2. The number of para-hydroxylation sites is 1. The second kappa shape index (κ2) is 7.11. The van der Waals surface area contributed by atoms with Crippen molar-refractivity contribution in [1.29, 1.82) is 0 Å². The van der Waals surface area contributed by atoms with Gasteiger partial charge in [0.1, 0.15) is 17.5 Å². The number of carbonyl (C=O) groups is 1. The van der Waals surface area contributed by atoms with E-state index in [2.05, 4.69) is 6.58 Å². The third-order valence-electron chi connectivity index (χ3n) is 2.87. The lowest BCUT2D eigenvalue weighted by Gasteiger charge is -2.26. The molecule has 1 aromatic carbocycles. The molecule has 3 nitrogen and oxygen atoms in total. The summed E-state index contributed by atoms with van der Waals surface area (Å²) >= 11 is 0. The van der Waals surface area contributed by atoms with Gasteiger partial charge in [-0.1, -0.05) is 30.4 Å². The Bertz CT molecular complexity index is 537. The van der Waals surface area contributed by atoms with Crippen molar-refractivity contribution < 1.29 is 14.3 Å². The van der Waals surface area contributed by atoms with Gasteiger partial charge in [0.2, 0.25) is 0 Å². The van der Waals surface area contributed by atoms with Crippen molar-refractivity contribution in [3.8, 4) is 5.75 Å². The molecule has 0 amide bonds. The van der Waals surface area contributed by atoms with Crippen LogP contribution in [0.25, 0.3) is 0 Å². The molecular formula is C18H24O3. The predicted molar refractivity (Wildman–Crippen MR) is 85.3 cm³/mol. The molecule has 0 N–H and O–H groups in total. The fraction of sp³-hybridized carbons (Fsp3) is 0.389. The maximum absolute atomic E-state index is 11.4. The summed E-state index contributed by atoms with van der Waals surface area (Å²) < 4.78 is 11.4. The van der Waals surface area contributed by atoms with E-state index in [0.29, 0.717) is 5.75 Å². The van der Waals surface area contributed by atoms with E-state index in [0.717, 1.165) is 11.1 Å². The van der Waals surface area contributed by atoms with Crippen LogP contribution >= 0.6 is 0 Å². The summed E-state index contributed by atoms with van der Waals surface area (Å²) in [4.78, 5) is 11.4. The molecule has 0 aliphatic rings. The number of esters is 1. The van der Waals surface area contributed by atoms with Crippen LogP contribution in [-0.4, -0.2) is 11.6 Å². The highest BCUT2D eigenvalue weighted by Crippen LogP contribution is 2.32. The van der Waals surface area contributed by atoms with Gasteiger partial charge in [0.25, 0.3) is 0 Å². The van der Waals surface area contributed by atoms with Crippen LogP contribution in [-0.2, 0) is 9.53 Å². The standard InChI is InChI=1S/C18H24O3/c1-7-18(5,6)21-16-11-9-8-10-15(16)17(12-13(2)3)20-14(4)19/h7-12,17H,1H2,2-6H3. The second-order valence-corrected chi connectivity index (χ2v) is 5.72. The lowest BCUT2D eigenvalue weighted by atomic mass is 10.0. The maximum Gasteiger partial charge on any atom is 0.303 e. The van der Waals surface area contributed by atoms with E-state index in [1.165, 1.54) is 6.92 Å². The van der Waals surface area contributed by atoms with Gasteiger partial charge in [0.05, 0.1) is 0 Å². The van der Waals surface area contributed by atoms with E-state index in [9.17, 15) is 4.79 Å². The summed E-state index contributed by atoms with van der Waals surface area (Å²) in [5, 5.41) is 0. The summed E-state index contributed by atoms with van der Waals surface area (Å²) in [6.07, 6.45) is 3.19. The fourth-order valence-corrected chi connectivity index (χ4v) is 1.80. The molecule has 0 spiro atoms. The molecular weight excluding hydrogens is 264 g/mol. The summed E-state index contributed by atoms with van der Waals surface area (Å²) in [6.45, 7) is 13.0. The van der Waals surface area contributed by atoms with Crippen molar-refractivity contribution in [3.63, 3.8) is 0 Å². The predicted octanol–water partition coefficient (Wildman–Crippen LogP) is 4.60. The Morgan fingerprint density at radius 3 is 2.38 bits per heavy atom. The Labute approximate surface area is 127 Å². The largest absolute Gasteiger partial charge is 0.483 e. The number of rotatable bonds is 6. The van der Waals surface area contributed by atoms with Crippen LogP contribution in [0, 0.1) is 0 Å². The molecule has 0 bridgehead atoms. The van der Waals surface area contributed by atoms with E-state index in [4.69, 9.17) is 9.47 Å². The van der Waals surface area contributed by atoms with Gasteiger partial charge in [-0.3, -0.25) is 4.79 Å². The van der Waals surface area contributed by atoms with E-state index >= 15 is 0 Å². The quantitative estimate of drug-likeness (QED) is 0.567. The maximum atomic E-state index is 11.4. The van der Waals surface area contributed by atoms with Crippen molar-refractivity contribution in [1.82, 2.24) is 0 Å². The van der Waals surface area contributed by atoms with Crippen molar-refractivity contribution >= 4 is 5.97 Å². The van der Waals surface area contributed by atoms with Gasteiger partial charge in [0, 0.05) is 12.5 Å². The normalized spacial score (nSPS) is 12.2. The Balaban J connectivity index is 3.22. The van der Waals surface area contributed by atoms with Crippen molar-refractivity contribution in [2.24, 2.45) is 0 Å². The average molecular weight is 288 g/mol. The summed E-state index contributed by atoms with van der Waals surface area (Å²) in [5.41, 5.74) is 1.39. The van der Waals surface area contributed by atoms with Gasteiger partial charge in [-0.15, -0.1) is 0 Å². The van der Waals surface area contributed by atoms with Gasteiger partial charge in [-0.2, -0.15) is 0 Å². The SMILES string of the molecule is C=CC(C)(C)Oc1ccccc1C(C=C(C)C)OC(C)=O. The molecule has 1 aromatic rings. The van der Waals surface area contributed by atoms with Crippen LogP contribution in [0.3, 0.4) is 0 Å². The van der Waals surface area contributed by atoms with Crippen molar-refractivity contribution in [2.45, 2.75) is 46.3 Å². The first-order valence-electron chi connectivity index (χ1n) is 6.99. The Kier molecular flexibility index (Phi) is 5.77. The molecule has 0 radical (unpaired) electrons. The number of hydrogen-bond acceptors (Lipinski definition) is 3. The first kappa shape index (κ1) is 17.0. The molecule has 1 unspecified atom stereocenters. The third kappa shape index (κ3) is 5.46. The van der Waals surface area contributed by atoms with Gasteiger partial charge in [-0.25, -0.2) is 0 Å². The summed E-state index contributed by atoms with van der Waals surface area (Å²) in [5.74, 6) is 0.362. The third-order valence-corrected chi connectivity index (χ3v) is 2.87. The lowest BCUT2D eigenvalue weighted by Crippen LogP contribution is -2.25. The molecule has 21 heavy (non-hydrogen) atoms. The van der Waals surface area contributed by atoms with Crippen LogP contribution in [0.2, 0.25) is 0 Å². The molecule has 0 fully saturated rings. The molecule has 3 heteroatoms. The zero-order chi connectivity index (χ0) is 16.0. The van der Waals surface area contributed by atoms with Crippen LogP contribution < -0.4 is 4.74 Å². The number of benzene rings is 1. The first-order valence-corrected chi connectivity index (χ1v) is 6.99. The Hall–Kier alpha value is -2.03. The van der Waals surface area contributed by atoms with Gasteiger partial charge in [0.15, 0.2) is 0 Å². The second-order valence-electron chi connectivity index (χ2n) is 5.72. The monoisotopic (exact) mass is 288 g/mol. The Morgan fingerprint density at radius 2 is 1.86 bits per heavy atom. The minimum atomic E-state index is -0.498. The smallest absolute Gasteiger partial charge is 0.303 e. The average Bonchev–Trinajstić information content (AvgIpc) is 2.37. The summed E-state index contributed by atoms with van der Waals surface area (Å²) in [7, 11) is 0. The van der Waals surface area contributed by atoms with E-state index in [1.807, 2.05) is 58.0 Å². The van der Waals surface area contributed by atoms with Crippen LogP contribution in [0.1, 0.15) is 46.3 Å². The van der Waals surface area contributed by atoms with E-state index in [1.54, 1.807) is 6.08 Å². The van der Waals surface area contributed by atoms with Crippen LogP contribution in [0.15, 0.2) is 48.6 Å². The molecule has 0 aliphatic carbocycles. The van der Waals surface area contributed by atoms with Gasteiger partial charge in [-0.05, 0) is 45.9 Å². The minimum Gasteiger partial charge on any atom is -0.483 e. The minimum absolute atomic E-state index is 0.324.